The molecule has 3 rings (SSSR count). The van der Waals surface area contributed by atoms with Gasteiger partial charge in [-0.05, 0) is 74.2 Å². The van der Waals surface area contributed by atoms with E-state index in [9.17, 15) is 0 Å². The van der Waals surface area contributed by atoms with Crippen LogP contribution in [-0.4, -0.2) is 16.6 Å². The molecule has 1 aliphatic carbocycles. The van der Waals surface area contributed by atoms with E-state index in [4.69, 9.17) is 10.5 Å². The van der Waals surface area contributed by atoms with E-state index in [0.29, 0.717) is 24.1 Å². The number of pyridine rings is 2. The zero-order chi connectivity index (χ0) is 14.8. The highest BCUT2D eigenvalue weighted by atomic mass is 32.2. The van der Waals surface area contributed by atoms with Gasteiger partial charge in [-0.15, -0.1) is 0 Å². The summed E-state index contributed by atoms with van der Waals surface area (Å²) in [6.07, 6.45) is 2.50. The highest BCUT2D eigenvalue weighted by molar-refractivity contribution is 7.99. The molecule has 0 atom stereocenters. The minimum atomic E-state index is 0.538. The monoisotopic (exact) mass is 301 g/mol. The molecule has 4 nitrogen and oxygen atoms in total. The molecule has 0 bridgehead atoms. The van der Waals surface area contributed by atoms with Crippen LogP contribution in [0.3, 0.4) is 0 Å². The predicted molar refractivity (Wildman–Crippen MR) is 84.7 cm³/mol. The quantitative estimate of drug-likeness (QED) is 0.914. The minimum Gasteiger partial charge on any atom is -0.476 e. The molecule has 21 heavy (non-hydrogen) atoms. The Morgan fingerprint density at radius 2 is 2.00 bits per heavy atom. The van der Waals surface area contributed by atoms with Crippen molar-refractivity contribution in [3.8, 4) is 5.88 Å². The lowest BCUT2D eigenvalue weighted by Crippen LogP contribution is -2.04. The van der Waals surface area contributed by atoms with Crippen molar-refractivity contribution in [3.05, 3.63) is 35.5 Å². The first kappa shape index (κ1) is 14.2. The number of anilines is 1. The topological polar surface area (TPSA) is 61.0 Å². The summed E-state index contributed by atoms with van der Waals surface area (Å²) >= 11 is 1.53. The lowest BCUT2D eigenvalue weighted by molar-refractivity contribution is 0.288. The number of rotatable bonds is 5. The van der Waals surface area contributed by atoms with Crippen molar-refractivity contribution in [3.63, 3.8) is 0 Å². The lowest BCUT2D eigenvalue weighted by atomic mass is 10.3. The van der Waals surface area contributed by atoms with Gasteiger partial charge in [-0.3, -0.25) is 0 Å². The molecule has 0 aromatic carbocycles. The second-order valence-corrected chi connectivity index (χ2v) is 6.57. The fraction of sp³-hybridized carbons (Fsp3) is 0.375. The van der Waals surface area contributed by atoms with Gasteiger partial charge in [0.05, 0.1) is 12.3 Å². The molecular weight excluding hydrogens is 282 g/mol. The highest BCUT2D eigenvalue weighted by Crippen LogP contribution is 2.32. The fourth-order valence-electron chi connectivity index (χ4n) is 2.05. The van der Waals surface area contributed by atoms with Crippen molar-refractivity contribution < 1.29 is 4.74 Å². The SMILES string of the molecule is Cc1cc(C)nc(Sc2ccc(N)c(OCC3CC3)n2)c1. The second-order valence-electron chi connectivity index (χ2n) is 5.52. The van der Waals surface area contributed by atoms with E-state index >= 15 is 0 Å². The van der Waals surface area contributed by atoms with Crippen molar-refractivity contribution in [2.45, 2.75) is 36.7 Å². The molecule has 0 spiro atoms. The molecule has 1 saturated carbocycles. The summed E-state index contributed by atoms with van der Waals surface area (Å²) in [4.78, 5) is 9.02. The Morgan fingerprint density at radius 3 is 2.71 bits per heavy atom. The summed E-state index contributed by atoms with van der Waals surface area (Å²) in [6, 6.07) is 7.87. The van der Waals surface area contributed by atoms with Crippen LogP contribution < -0.4 is 10.5 Å². The zero-order valence-electron chi connectivity index (χ0n) is 12.3. The summed E-state index contributed by atoms with van der Waals surface area (Å²) in [5.41, 5.74) is 8.73. The van der Waals surface area contributed by atoms with E-state index < -0.39 is 0 Å². The predicted octanol–water partition coefficient (Wildman–Crippen LogP) is 3.62. The third kappa shape index (κ3) is 3.88. The molecule has 0 amide bonds. The minimum absolute atomic E-state index is 0.538. The number of nitrogen functional groups attached to an aromatic ring is 1. The van der Waals surface area contributed by atoms with Gasteiger partial charge >= 0.3 is 0 Å². The van der Waals surface area contributed by atoms with Crippen LogP contribution in [0.1, 0.15) is 24.1 Å². The molecular formula is C16H19N3OS. The van der Waals surface area contributed by atoms with Crippen LogP contribution in [0.5, 0.6) is 5.88 Å². The van der Waals surface area contributed by atoms with Crippen LogP contribution in [0, 0.1) is 19.8 Å². The first-order valence-electron chi connectivity index (χ1n) is 7.12. The van der Waals surface area contributed by atoms with Gasteiger partial charge in [0.2, 0.25) is 5.88 Å². The number of hydrogen-bond donors (Lipinski definition) is 1. The second kappa shape index (κ2) is 5.93. The van der Waals surface area contributed by atoms with Crippen molar-refractivity contribution in [2.75, 3.05) is 12.3 Å². The van der Waals surface area contributed by atoms with Gasteiger partial charge in [0.25, 0.3) is 0 Å². The van der Waals surface area contributed by atoms with Crippen molar-refractivity contribution >= 4 is 17.4 Å². The summed E-state index contributed by atoms with van der Waals surface area (Å²) in [5, 5.41) is 1.80. The molecule has 2 heterocycles. The average Bonchev–Trinajstić information content (AvgIpc) is 3.22. The van der Waals surface area contributed by atoms with E-state index in [0.717, 1.165) is 15.7 Å². The number of nitrogens with zero attached hydrogens (tertiary/aromatic N) is 2. The first-order chi connectivity index (χ1) is 10.1. The van der Waals surface area contributed by atoms with Crippen LogP contribution in [0.15, 0.2) is 34.3 Å². The van der Waals surface area contributed by atoms with Gasteiger partial charge in [-0.25, -0.2) is 9.97 Å². The van der Waals surface area contributed by atoms with Crippen LogP contribution in [0.2, 0.25) is 0 Å². The molecule has 5 heteroatoms. The third-order valence-electron chi connectivity index (χ3n) is 3.30. The Bertz CT molecular complexity index is 636. The summed E-state index contributed by atoms with van der Waals surface area (Å²) < 4.78 is 5.72. The maximum Gasteiger partial charge on any atom is 0.238 e. The number of hydrogen-bond acceptors (Lipinski definition) is 5. The molecule has 0 saturated heterocycles. The molecule has 0 aliphatic heterocycles. The fourth-order valence-corrected chi connectivity index (χ4v) is 2.97. The number of aryl methyl sites for hydroxylation is 2. The van der Waals surface area contributed by atoms with Crippen molar-refractivity contribution in [1.29, 1.82) is 0 Å². The standard InChI is InChI=1S/C16H19N3OS/c1-10-7-11(2)18-15(8-10)21-14-6-5-13(17)16(19-14)20-9-12-3-4-12/h5-8,12H,3-4,9,17H2,1-2H3. The largest absolute Gasteiger partial charge is 0.476 e. The zero-order valence-corrected chi connectivity index (χ0v) is 13.1. The maximum atomic E-state index is 5.93. The number of ether oxygens (including phenoxy) is 1. The first-order valence-corrected chi connectivity index (χ1v) is 7.94. The van der Waals surface area contributed by atoms with Crippen LogP contribution in [0.4, 0.5) is 5.69 Å². The Morgan fingerprint density at radius 1 is 1.19 bits per heavy atom. The lowest BCUT2D eigenvalue weighted by Gasteiger charge is -2.09. The van der Waals surface area contributed by atoms with Crippen LogP contribution in [-0.2, 0) is 0 Å². The molecule has 0 unspecified atom stereocenters. The van der Waals surface area contributed by atoms with E-state index in [1.165, 1.54) is 30.2 Å². The average molecular weight is 301 g/mol. The third-order valence-corrected chi connectivity index (χ3v) is 4.16. The normalized spacial score (nSPS) is 14.2. The Labute approximate surface area is 129 Å². The molecule has 1 aliphatic rings. The van der Waals surface area contributed by atoms with Gasteiger partial charge < -0.3 is 10.5 Å². The number of aromatic nitrogens is 2. The molecule has 1 fully saturated rings. The van der Waals surface area contributed by atoms with Gasteiger partial charge in [0.1, 0.15) is 10.1 Å². The molecule has 2 N–H and O–H groups in total. The van der Waals surface area contributed by atoms with E-state index in [1.54, 1.807) is 0 Å². The van der Waals surface area contributed by atoms with Gasteiger partial charge in [0, 0.05) is 5.69 Å². The summed E-state index contributed by atoms with van der Waals surface area (Å²) in [6.45, 7) is 4.78. The Balaban J connectivity index is 1.76. The molecule has 0 radical (unpaired) electrons. The Kier molecular flexibility index (Phi) is 4.01. The van der Waals surface area contributed by atoms with Gasteiger partial charge in [-0.1, -0.05) is 0 Å². The van der Waals surface area contributed by atoms with E-state index in [-0.39, 0.29) is 0 Å². The van der Waals surface area contributed by atoms with Crippen molar-refractivity contribution in [1.82, 2.24) is 9.97 Å². The molecule has 110 valence electrons. The summed E-state index contributed by atoms with van der Waals surface area (Å²) in [5.74, 6) is 1.22. The van der Waals surface area contributed by atoms with Gasteiger partial charge in [-0.2, -0.15) is 0 Å². The van der Waals surface area contributed by atoms with E-state index in [2.05, 4.69) is 29.0 Å². The van der Waals surface area contributed by atoms with Gasteiger partial charge in [0.15, 0.2) is 0 Å². The Hall–Kier alpha value is -1.75. The number of nitrogens with two attached hydrogens (primary N) is 1. The summed E-state index contributed by atoms with van der Waals surface area (Å²) in [7, 11) is 0. The van der Waals surface area contributed by atoms with E-state index in [1.807, 2.05) is 19.1 Å². The smallest absolute Gasteiger partial charge is 0.238 e. The van der Waals surface area contributed by atoms with Crippen molar-refractivity contribution in [2.24, 2.45) is 5.92 Å². The highest BCUT2D eigenvalue weighted by Gasteiger charge is 2.22. The maximum absolute atomic E-state index is 5.93. The van der Waals surface area contributed by atoms with Crippen LogP contribution in [0.25, 0.3) is 0 Å². The van der Waals surface area contributed by atoms with Crippen LogP contribution >= 0.6 is 11.8 Å². The molecule has 2 aromatic heterocycles. The molecule has 2 aromatic rings.